The Bertz CT molecular complexity index is 339. The predicted molar refractivity (Wildman–Crippen MR) is 88.2 cm³/mol. The fourth-order valence-corrected chi connectivity index (χ4v) is 3.10. The predicted octanol–water partition coefficient (Wildman–Crippen LogP) is 1.32. The summed E-state index contributed by atoms with van der Waals surface area (Å²) >= 11 is 0. The molecule has 2 saturated heterocycles. The van der Waals surface area contributed by atoms with Crippen molar-refractivity contribution < 1.29 is 19.0 Å². The highest BCUT2D eigenvalue weighted by Crippen LogP contribution is 2.17. The summed E-state index contributed by atoms with van der Waals surface area (Å²) in [6.07, 6.45) is 6.07. The molecule has 0 aliphatic carbocycles. The number of amides is 1. The summed E-state index contributed by atoms with van der Waals surface area (Å²) in [4.78, 5) is 14.3. The molecule has 0 aromatic heterocycles. The van der Waals surface area contributed by atoms with E-state index in [1.165, 1.54) is 6.42 Å². The lowest BCUT2D eigenvalue weighted by molar-refractivity contribution is -0.148. The first-order valence-corrected chi connectivity index (χ1v) is 9.04. The van der Waals surface area contributed by atoms with Crippen LogP contribution in [0.3, 0.4) is 0 Å². The van der Waals surface area contributed by atoms with Gasteiger partial charge in [-0.15, -0.1) is 0 Å². The highest BCUT2D eigenvalue weighted by molar-refractivity contribution is 5.80. The third-order valence-electron chi connectivity index (χ3n) is 4.61. The number of ether oxygens (including phenoxy) is 3. The molecule has 2 rings (SSSR count). The van der Waals surface area contributed by atoms with Gasteiger partial charge in [0.2, 0.25) is 0 Å². The van der Waals surface area contributed by atoms with Crippen LogP contribution >= 0.6 is 0 Å². The minimum absolute atomic E-state index is 0.0845. The van der Waals surface area contributed by atoms with E-state index in [-0.39, 0.29) is 18.1 Å². The van der Waals surface area contributed by atoms with E-state index >= 15 is 0 Å². The van der Waals surface area contributed by atoms with E-state index in [1.807, 2.05) is 11.8 Å². The summed E-state index contributed by atoms with van der Waals surface area (Å²) in [6, 6.07) is 0. The van der Waals surface area contributed by atoms with E-state index in [0.717, 1.165) is 58.4 Å². The Hall–Kier alpha value is -0.690. The number of carbonyl (C=O) groups excluding carboxylic acids is 1. The van der Waals surface area contributed by atoms with E-state index in [4.69, 9.17) is 19.9 Å². The molecule has 0 bridgehead atoms. The number of carbonyl (C=O) groups is 1. The zero-order chi connectivity index (χ0) is 16.5. The van der Waals surface area contributed by atoms with Crippen molar-refractivity contribution in [3.63, 3.8) is 0 Å². The average molecular weight is 328 g/mol. The van der Waals surface area contributed by atoms with E-state index in [1.54, 1.807) is 0 Å². The maximum absolute atomic E-state index is 12.4. The lowest BCUT2D eigenvalue weighted by atomic mass is 10.1. The third-order valence-corrected chi connectivity index (χ3v) is 4.61. The summed E-state index contributed by atoms with van der Waals surface area (Å²) in [6.45, 7) is 6.06. The first-order valence-electron chi connectivity index (χ1n) is 9.04. The van der Waals surface area contributed by atoms with Gasteiger partial charge in [0.25, 0.3) is 5.91 Å². The first-order chi connectivity index (χ1) is 11.2. The van der Waals surface area contributed by atoms with E-state index in [2.05, 4.69) is 0 Å². The lowest BCUT2D eigenvalue weighted by Crippen LogP contribution is -2.46. The molecule has 0 aromatic carbocycles. The number of rotatable bonds is 8. The van der Waals surface area contributed by atoms with Gasteiger partial charge in [-0.2, -0.15) is 0 Å². The minimum atomic E-state index is -0.393. The second kappa shape index (κ2) is 10.2. The Morgan fingerprint density at radius 3 is 2.74 bits per heavy atom. The molecule has 2 heterocycles. The molecule has 6 nitrogen and oxygen atoms in total. The van der Waals surface area contributed by atoms with Crippen LogP contribution in [0.25, 0.3) is 0 Å². The molecule has 0 aromatic rings. The highest BCUT2D eigenvalue weighted by Gasteiger charge is 2.27. The monoisotopic (exact) mass is 328 g/mol. The average Bonchev–Trinajstić information content (AvgIpc) is 2.61. The summed E-state index contributed by atoms with van der Waals surface area (Å²) in [5, 5.41) is 0. The van der Waals surface area contributed by atoms with Crippen molar-refractivity contribution in [1.29, 1.82) is 0 Å². The number of hydrogen-bond donors (Lipinski definition) is 1. The van der Waals surface area contributed by atoms with Gasteiger partial charge < -0.3 is 24.8 Å². The molecule has 2 fully saturated rings. The zero-order valence-electron chi connectivity index (χ0n) is 14.4. The fourth-order valence-electron chi connectivity index (χ4n) is 3.10. The molecule has 0 saturated carbocycles. The van der Waals surface area contributed by atoms with Crippen LogP contribution < -0.4 is 5.73 Å². The second-order valence-electron chi connectivity index (χ2n) is 6.50. The van der Waals surface area contributed by atoms with Crippen LogP contribution in [-0.4, -0.2) is 68.6 Å². The molecule has 0 spiro atoms. The van der Waals surface area contributed by atoms with E-state index in [9.17, 15) is 4.79 Å². The van der Waals surface area contributed by atoms with Gasteiger partial charge in [-0.1, -0.05) is 0 Å². The van der Waals surface area contributed by atoms with Gasteiger partial charge in [-0.05, 0) is 52.0 Å². The number of likely N-dealkylation sites (tertiary alicyclic amines) is 1. The van der Waals surface area contributed by atoms with Crippen LogP contribution in [0.2, 0.25) is 0 Å². The van der Waals surface area contributed by atoms with Crippen molar-refractivity contribution in [2.75, 3.05) is 39.5 Å². The van der Waals surface area contributed by atoms with Gasteiger partial charge >= 0.3 is 0 Å². The molecular formula is C17H32N2O4. The quantitative estimate of drug-likeness (QED) is 0.680. The van der Waals surface area contributed by atoms with Gasteiger partial charge in [0, 0.05) is 26.3 Å². The molecular weight excluding hydrogens is 296 g/mol. The van der Waals surface area contributed by atoms with Crippen LogP contribution in [-0.2, 0) is 19.0 Å². The Morgan fingerprint density at radius 1 is 1.30 bits per heavy atom. The Balaban J connectivity index is 1.63. The van der Waals surface area contributed by atoms with Crippen molar-refractivity contribution in [1.82, 2.24) is 4.90 Å². The Labute approximate surface area is 139 Å². The van der Waals surface area contributed by atoms with Crippen LogP contribution in [0.5, 0.6) is 0 Å². The first kappa shape index (κ1) is 18.6. The van der Waals surface area contributed by atoms with Crippen LogP contribution in [0.15, 0.2) is 0 Å². The second-order valence-corrected chi connectivity index (χ2v) is 6.50. The number of piperidine rings is 1. The molecule has 134 valence electrons. The minimum Gasteiger partial charge on any atom is -0.378 e. The molecule has 1 amide bonds. The van der Waals surface area contributed by atoms with Crippen molar-refractivity contribution in [3.8, 4) is 0 Å². The molecule has 0 radical (unpaired) electrons. The number of hydrogen-bond acceptors (Lipinski definition) is 5. The van der Waals surface area contributed by atoms with Crippen LogP contribution in [0, 0.1) is 0 Å². The number of nitrogens with two attached hydrogens (primary N) is 1. The largest absolute Gasteiger partial charge is 0.378 e. The summed E-state index contributed by atoms with van der Waals surface area (Å²) in [5.74, 6) is 0.0845. The van der Waals surface area contributed by atoms with Gasteiger partial charge in [0.15, 0.2) is 0 Å². The summed E-state index contributed by atoms with van der Waals surface area (Å²) < 4.78 is 17.2. The van der Waals surface area contributed by atoms with Gasteiger partial charge in [0.05, 0.1) is 18.8 Å². The normalized spacial score (nSPS) is 24.6. The van der Waals surface area contributed by atoms with Gasteiger partial charge in [0.1, 0.15) is 6.10 Å². The maximum Gasteiger partial charge on any atom is 0.251 e. The van der Waals surface area contributed by atoms with E-state index in [0.29, 0.717) is 13.2 Å². The summed E-state index contributed by atoms with van der Waals surface area (Å²) in [5.41, 5.74) is 5.47. The molecule has 2 atom stereocenters. The number of nitrogens with zero attached hydrogens (tertiary/aromatic N) is 1. The SMILES string of the molecule is CC(OCC1CCCCO1)C(=O)N1CCC(OCCCN)CC1. The molecule has 2 aliphatic rings. The third kappa shape index (κ3) is 6.37. The highest BCUT2D eigenvalue weighted by atomic mass is 16.5. The smallest absolute Gasteiger partial charge is 0.251 e. The maximum atomic E-state index is 12.4. The Kier molecular flexibility index (Phi) is 8.30. The van der Waals surface area contributed by atoms with Crippen molar-refractivity contribution >= 4 is 5.91 Å². The molecule has 2 N–H and O–H groups in total. The Morgan fingerprint density at radius 2 is 2.09 bits per heavy atom. The molecule has 2 aliphatic heterocycles. The topological polar surface area (TPSA) is 74.0 Å². The summed E-state index contributed by atoms with van der Waals surface area (Å²) in [7, 11) is 0. The zero-order valence-corrected chi connectivity index (χ0v) is 14.4. The standard InChI is InChI=1S/C17H32N2O4/c1-14(23-13-16-5-2-3-11-22-16)17(20)19-9-6-15(7-10-19)21-12-4-8-18/h14-16H,2-13,18H2,1H3. The molecule has 23 heavy (non-hydrogen) atoms. The molecule has 6 heteroatoms. The fraction of sp³-hybridized carbons (Fsp3) is 0.941. The molecule has 2 unspecified atom stereocenters. The van der Waals surface area contributed by atoms with Crippen molar-refractivity contribution in [2.24, 2.45) is 5.73 Å². The van der Waals surface area contributed by atoms with E-state index < -0.39 is 6.10 Å². The van der Waals surface area contributed by atoms with Gasteiger partial charge in [-0.25, -0.2) is 0 Å². The van der Waals surface area contributed by atoms with Gasteiger partial charge in [-0.3, -0.25) is 4.79 Å². The van der Waals surface area contributed by atoms with Crippen LogP contribution in [0.1, 0.15) is 45.4 Å². The van der Waals surface area contributed by atoms with Crippen molar-refractivity contribution in [2.45, 2.75) is 63.8 Å². The lowest BCUT2D eigenvalue weighted by Gasteiger charge is -2.33. The van der Waals surface area contributed by atoms with Crippen molar-refractivity contribution in [3.05, 3.63) is 0 Å². The van der Waals surface area contributed by atoms with Crippen LogP contribution in [0.4, 0.5) is 0 Å².